The fraction of sp³-hybridized carbons (Fsp3) is 0.525. The largest absolute Gasteiger partial charge is 0.488 e. The van der Waals surface area contributed by atoms with Crippen molar-refractivity contribution >= 4 is 58.6 Å². The van der Waals surface area contributed by atoms with Gasteiger partial charge in [0, 0.05) is 32.2 Å². The van der Waals surface area contributed by atoms with Crippen LogP contribution in [0.5, 0.6) is 5.75 Å². The molecule has 0 aliphatic carbocycles. The van der Waals surface area contributed by atoms with Crippen LogP contribution in [0.25, 0.3) is 10.4 Å². The number of anilines is 1. The molecule has 1 fully saturated rings. The van der Waals surface area contributed by atoms with Gasteiger partial charge in [0.25, 0.3) is 0 Å². The Morgan fingerprint density at radius 1 is 0.899 bits per heavy atom. The Balaban J connectivity index is 0.915. The Kier molecular flexibility index (Phi) is 19.2. The molecule has 3 aromatic carbocycles. The summed E-state index contributed by atoms with van der Waals surface area (Å²) < 4.78 is 27.8. The number of nitrogens with one attached hydrogen (secondary N) is 4. The highest BCUT2D eigenvalue weighted by atomic mass is 32.1. The Morgan fingerprint density at radius 3 is 2.28 bits per heavy atom. The van der Waals surface area contributed by atoms with Crippen LogP contribution in [0.15, 0.2) is 60.1 Å². The molecule has 1 saturated heterocycles. The molecule has 0 saturated carbocycles. The van der Waals surface area contributed by atoms with Crippen molar-refractivity contribution < 1.29 is 52.5 Å². The molecule has 1 aromatic heterocycles. The number of β-amino-alcohol motifs (C(OH)–C–C–N with tert-alkyl or cyclic N) is 1. The Hall–Kier alpha value is -6.93. The second-order valence-electron chi connectivity index (χ2n) is 23.2. The summed E-state index contributed by atoms with van der Waals surface area (Å²) >= 11 is 1.56. The normalized spacial score (nSPS) is 19.2. The Labute approximate surface area is 466 Å². The van der Waals surface area contributed by atoms with E-state index in [1.807, 2.05) is 77.1 Å². The van der Waals surface area contributed by atoms with E-state index in [9.17, 15) is 38.7 Å². The monoisotopic (exact) mass is 1110 g/mol. The minimum absolute atomic E-state index is 0.0520. The van der Waals surface area contributed by atoms with Crippen molar-refractivity contribution in [2.75, 3.05) is 18.1 Å². The van der Waals surface area contributed by atoms with Gasteiger partial charge < -0.3 is 46.5 Å². The number of aromatic nitrogens is 1. The molecule has 79 heavy (non-hydrogen) atoms. The zero-order valence-corrected chi connectivity index (χ0v) is 47.7. The molecule has 3 aliphatic heterocycles. The maximum absolute atomic E-state index is 16.3. The van der Waals surface area contributed by atoms with Gasteiger partial charge in [0.05, 0.1) is 40.0 Å². The molecule has 7 N–H and O–H groups in total. The van der Waals surface area contributed by atoms with Gasteiger partial charge in [0.15, 0.2) is 11.6 Å². The van der Waals surface area contributed by atoms with Gasteiger partial charge in [-0.1, -0.05) is 75.7 Å². The van der Waals surface area contributed by atoms with Crippen LogP contribution < -0.4 is 36.6 Å². The minimum Gasteiger partial charge on any atom is -0.488 e. The van der Waals surface area contributed by atoms with Crippen LogP contribution >= 0.6 is 11.3 Å². The molecule has 20 heteroatoms. The molecule has 4 heterocycles. The highest BCUT2D eigenvalue weighted by molar-refractivity contribution is 7.13. The molecule has 7 rings (SSSR count). The standard InChI is InChI=1S/C59H77FN8O10S/c1-33-18-26-46(77-31-40(24-27-47(61)70)64-54(73)45-28-39-15-13-14-37-23-25-43(55(74)68(45)50(37)39)65-57(76)78-59(7,8)9)49(60)42(33)16-11-10-12-17-48(71)66-52(58(4,5)6)56(75)67-30-41(69)29-44(67)53(72)63-34(2)36-19-21-38(22-20-36)51-35(3)62-32-79-51/h13-15,18-22,26,32,34,40-41,43-45,52,69H,10-12,16-17,23-25,27-31H2,1-9H3,(H2,61,70)(H,63,72)(H,64,73)(H,65,76)(H,66,71)/t34-,40-,41+,43-,44-,45-,52+/m0/s1. The lowest BCUT2D eigenvalue weighted by Gasteiger charge is -2.35. The van der Waals surface area contributed by atoms with E-state index in [0.717, 1.165) is 32.8 Å². The molecule has 7 amide bonds. The van der Waals surface area contributed by atoms with Crippen molar-refractivity contribution in [1.29, 1.82) is 0 Å². The van der Waals surface area contributed by atoms with Crippen molar-refractivity contribution in [3.63, 3.8) is 0 Å². The number of likely N-dealkylation sites (tertiary alicyclic amines) is 1. The summed E-state index contributed by atoms with van der Waals surface area (Å²) in [6, 6.07) is 11.7. The molecule has 7 atom stereocenters. The van der Waals surface area contributed by atoms with E-state index in [4.69, 9.17) is 15.2 Å². The number of ether oxygens (including phenoxy) is 2. The number of benzene rings is 3. The minimum atomic E-state index is -0.988. The van der Waals surface area contributed by atoms with E-state index >= 15 is 4.39 Å². The maximum Gasteiger partial charge on any atom is 0.408 e. The van der Waals surface area contributed by atoms with Crippen molar-refractivity contribution in [3.05, 3.63) is 99.4 Å². The first-order valence-corrected chi connectivity index (χ1v) is 28.2. The van der Waals surface area contributed by atoms with Gasteiger partial charge in [-0.25, -0.2) is 14.2 Å². The molecular formula is C59H77FN8O10S. The summed E-state index contributed by atoms with van der Waals surface area (Å²) in [7, 11) is 0. The number of aliphatic hydroxyl groups is 1. The lowest BCUT2D eigenvalue weighted by molar-refractivity contribution is -0.144. The van der Waals surface area contributed by atoms with E-state index in [0.29, 0.717) is 55.3 Å². The lowest BCUT2D eigenvalue weighted by atomic mass is 9.85. The topological polar surface area (TPSA) is 252 Å². The summed E-state index contributed by atoms with van der Waals surface area (Å²) in [5.74, 6) is -3.42. The molecule has 0 unspecified atom stereocenters. The lowest BCUT2D eigenvalue weighted by Crippen LogP contribution is -2.57. The predicted octanol–water partition coefficient (Wildman–Crippen LogP) is 6.97. The molecular weight excluding hydrogens is 1030 g/mol. The number of rotatable bonds is 21. The van der Waals surface area contributed by atoms with Gasteiger partial charge in [-0.05, 0) is 125 Å². The number of hydrogen-bond donors (Lipinski definition) is 6. The third-order valence-corrected chi connectivity index (χ3v) is 15.7. The van der Waals surface area contributed by atoms with E-state index in [-0.39, 0.29) is 63.0 Å². The average molecular weight is 1110 g/mol. The molecule has 0 bridgehead atoms. The number of nitrogens with two attached hydrogens (primary N) is 1. The average Bonchev–Trinajstić information content (AvgIpc) is 4.23. The van der Waals surface area contributed by atoms with Crippen LogP contribution in [-0.4, -0.2) is 112 Å². The second kappa shape index (κ2) is 25.5. The first-order chi connectivity index (χ1) is 37.3. The summed E-state index contributed by atoms with van der Waals surface area (Å²) in [6.45, 7) is 16.0. The summed E-state index contributed by atoms with van der Waals surface area (Å²) in [5, 5.41) is 22.3. The van der Waals surface area contributed by atoms with Crippen molar-refractivity contribution in [2.24, 2.45) is 11.1 Å². The van der Waals surface area contributed by atoms with Gasteiger partial charge in [-0.3, -0.25) is 33.7 Å². The van der Waals surface area contributed by atoms with Crippen LogP contribution in [0.4, 0.5) is 14.9 Å². The van der Waals surface area contributed by atoms with Crippen molar-refractivity contribution in [3.8, 4) is 16.2 Å². The molecule has 4 aromatic rings. The number of carbonyl (C=O) groups is 7. The van der Waals surface area contributed by atoms with Crippen molar-refractivity contribution in [1.82, 2.24) is 31.2 Å². The predicted molar refractivity (Wildman–Crippen MR) is 298 cm³/mol. The number of para-hydroxylation sites is 1. The number of primary amides is 1. The first kappa shape index (κ1) is 59.7. The number of unbranched alkanes of at least 4 members (excludes halogenated alkanes) is 2. The van der Waals surface area contributed by atoms with Crippen LogP contribution in [0, 0.1) is 25.1 Å². The zero-order chi connectivity index (χ0) is 57.5. The molecule has 0 spiro atoms. The molecule has 3 aliphatic rings. The molecule has 0 radical (unpaired) electrons. The van der Waals surface area contributed by atoms with E-state index in [1.54, 1.807) is 50.6 Å². The molecule has 18 nitrogen and oxygen atoms in total. The van der Waals surface area contributed by atoms with Crippen LogP contribution in [-0.2, 0) is 52.8 Å². The zero-order valence-electron chi connectivity index (χ0n) is 46.8. The fourth-order valence-electron chi connectivity index (χ4n) is 10.6. The van der Waals surface area contributed by atoms with Gasteiger partial charge in [-0.15, -0.1) is 11.3 Å². The van der Waals surface area contributed by atoms with Crippen LogP contribution in [0.1, 0.15) is 139 Å². The number of nitrogens with zero attached hydrogens (tertiary/aromatic N) is 3. The summed E-state index contributed by atoms with van der Waals surface area (Å²) in [4.78, 5) is 103. The number of aryl methyl sites for hydroxylation is 3. The van der Waals surface area contributed by atoms with E-state index in [1.165, 1.54) is 15.9 Å². The van der Waals surface area contributed by atoms with E-state index in [2.05, 4.69) is 26.3 Å². The summed E-state index contributed by atoms with van der Waals surface area (Å²) in [5.41, 5.74) is 12.1. The van der Waals surface area contributed by atoms with E-state index < -0.39 is 88.8 Å². The Bertz CT molecular complexity index is 2900. The second-order valence-corrected chi connectivity index (χ2v) is 24.1. The number of thiazole rings is 1. The number of amides is 7. The number of carbonyl (C=O) groups excluding carboxylic acids is 7. The SMILES string of the molecule is Cc1ccc(OC[C@H](CCC(N)=O)NC(=O)[C@@H]2Cc3cccc4c3N2C(=O)[C@@H](NC(=O)OC(C)(C)C)CC4)c(F)c1CCCCCC(=O)N[C@H](C(=O)N1C[C@H](O)C[C@H]1C(=O)N[C@@H](C)c1ccc(-c2scnc2C)cc1)C(C)(C)C. The number of halogens is 1. The fourth-order valence-corrected chi connectivity index (χ4v) is 11.4. The quantitative estimate of drug-likeness (QED) is 0.0465. The van der Waals surface area contributed by atoms with Gasteiger partial charge >= 0.3 is 6.09 Å². The number of hydrogen-bond acceptors (Lipinski definition) is 12. The third-order valence-electron chi connectivity index (χ3n) is 14.8. The smallest absolute Gasteiger partial charge is 0.408 e. The van der Waals surface area contributed by atoms with Crippen molar-refractivity contribution in [2.45, 2.75) is 181 Å². The van der Waals surface area contributed by atoms with Gasteiger partial charge in [-0.2, -0.15) is 0 Å². The molecule has 426 valence electrons. The number of aliphatic hydroxyl groups excluding tert-OH is 1. The highest BCUT2D eigenvalue weighted by Gasteiger charge is 2.46. The highest BCUT2D eigenvalue weighted by Crippen LogP contribution is 2.40. The van der Waals surface area contributed by atoms with Crippen LogP contribution in [0.2, 0.25) is 0 Å². The maximum atomic E-state index is 16.3. The van der Waals surface area contributed by atoms with Crippen LogP contribution in [0.3, 0.4) is 0 Å². The summed E-state index contributed by atoms with van der Waals surface area (Å²) in [6.07, 6.45) is 1.30. The van der Waals surface area contributed by atoms with Gasteiger partial charge in [0.1, 0.15) is 36.4 Å². The first-order valence-electron chi connectivity index (χ1n) is 27.3. The number of alkyl carbamates (subject to hydrolysis) is 1. The van der Waals surface area contributed by atoms with Gasteiger partial charge in [0.2, 0.25) is 35.4 Å². The Morgan fingerprint density at radius 2 is 1.61 bits per heavy atom. The third kappa shape index (κ3) is 15.1.